The Balaban J connectivity index is 2.03. The first kappa shape index (κ1) is 13.6. The number of phenolic OH excluding ortho intramolecular Hbond substituents is 1. The van der Waals surface area contributed by atoms with Crippen LogP contribution in [0.3, 0.4) is 0 Å². The lowest BCUT2D eigenvalue weighted by molar-refractivity contribution is 0.318. The lowest BCUT2D eigenvalue weighted by Gasteiger charge is -2.09. The fourth-order valence-corrected chi connectivity index (χ4v) is 1.73. The molecule has 0 aliphatic carbocycles. The number of hydrogen-bond donors (Lipinski definition) is 2. The van der Waals surface area contributed by atoms with Gasteiger partial charge in [0, 0.05) is 18.9 Å². The van der Waals surface area contributed by atoms with Crippen LogP contribution in [0.1, 0.15) is 12.5 Å². The van der Waals surface area contributed by atoms with Crippen LogP contribution in [0.5, 0.6) is 11.5 Å². The highest BCUT2D eigenvalue weighted by atomic mass is 79.9. The molecule has 2 rings (SSSR count). The van der Waals surface area contributed by atoms with Gasteiger partial charge in [0.1, 0.15) is 0 Å². The number of rotatable bonds is 5. The molecule has 1 aromatic carbocycles. The van der Waals surface area contributed by atoms with E-state index in [0.717, 1.165) is 10.0 Å². The van der Waals surface area contributed by atoms with E-state index in [1.807, 2.05) is 13.0 Å². The van der Waals surface area contributed by atoms with Gasteiger partial charge in [0.05, 0.1) is 11.1 Å². The van der Waals surface area contributed by atoms with Gasteiger partial charge in [-0.1, -0.05) is 6.07 Å². The third kappa shape index (κ3) is 3.82. The Morgan fingerprint density at radius 1 is 1.32 bits per heavy atom. The van der Waals surface area contributed by atoms with Crippen molar-refractivity contribution in [1.29, 1.82) is 0 Å². The van der Waals surface area contributed by atoms with Gasteiger partial charge in [0.15, 0.2) is 11.5 Å². The zero-order valence-corrected chi connectivity index (χ0v) is 12.0. The van der Waals surface area contributed by atoms with E-state index in [-0.39, 0.29) is 5.75 Å². The summed E-state index contributed by atoms with van der Waals surface area (Å²) in [4.78, 5) is 8.24. The molecule has 0 saturated heterocycles. The minimum atomic E-state index is 0.144. The summed E-state index contributed by atoms with van der Waals surface area (Å²) in [6, 6.07) is 5.23. The molecule has 0 bridgehead atoms. The van der Waals surface area contributed by atoms with Crippen LogP contribution < -0.4 is 10.1 Å². The molecule has 2 aromatic rings. The zero-order valence-electron chi connectivity index (χ0n) is 10.4. The number of ether oxygens (including phenoxy) is 1. The lowest BCUT2D eigenvalue weighted by atomic mass is 10.2. The minimum absolute atomic E-state index is 0.144. The van der Waals surface area contributed by atoms with Gasteiger partial charge >= 0.3 is 0 Å². The number of aromatic nitrogens is 2. The van der Waals surface area contributed by atoms with Crippen molar-refractivity contribution in [2.45, 2.75) is 13.5 Å². The molecule has 0 aliphatic rings. The summed E-state index contributed by atoms with van der Waals surface area (Å²) in [7, 11) is 0. The molecule has 100 valence electrons. The van der Waals surface area contributed by atoms with Crippen molar-refractivity contribution < 1.29 is 9.84 Å². The molecule has 0 unspecified atom stereocenters. The molecule has 1 heterocycles. The maximum absolute atomic E-state index is 9.61. The van der Waals surface area contributed by atoms with Crippen molar-refractivity contribution in [3.05, 3.63) is 40.6 Å². The summed E-state index contributed by atoms with van der Waals surface area (Å²) < 4.78 is 6.16. The van der Waals surface area contributed by atoms with E-state index in [4.69, 9.17) is 4.74 Å². The molecule has 6 heteroatoms. The third-order valence-corrected chi connectivity index (χ3v) is 2.80. The van der Waals surface area contributed by atoms with E-state index in [1.165, 1.54) is 0 Å². The Bertz CT molecular complexity index is 546. The van der Waals surface area contributed by atoms with Crippen LogP contribution in [0.2, 0.25) is 0 Å². The first-order valence-electron chi connectivity index (χ1n) is 5.85. The second kappa shape index (κ2) is 6.38. The zero-order chi connectivity index (χ0) is 13.7. The fraction of sp³-hybridized carbons (Fsp3) is 0.231. The largest absolute Gasteiger partial charge is 0.504 e. The summed E-state index contributed by atoms with van der Waals surface area (Å²) in [6.45, 7) is 2.95. The number of benzene rings is 1. The van der Waals surface area contributed by atoms with Crippen LogP contribution in [-0.4, -0.2) is 21.7 Å². The predicted octanol–water partition coefficient (Wildman–Crippen LogP) is 2.96. The fourth-order valence-electron chi connectivity index (χ4n) is 1.52. The number of nitrogens with zero attached hydrogens (tertiary/aromatic N) is 2. The number of aromatic hydroxyl groups is 1. The maximum atomic E-state index is 9.61. The normalized spacial score (nSPS) is 10.2. The first-order valence-corrected chi connectivity index (χ1v) is 6.64. The van der Waals surface area contributed by atoms with Gasteiger partial charge in [-0.2, -0.15) is 0 Å². The van der Waals surface area contributed by atoms with E-state index < -0.39 is 0 Å². The van der Waals surface area contributed by atoms with Gasteiger partial charge in [-0.25, -0.2) is 9.97 Å². The Kier molecular flexibility index (Phi) is 4.57. The van der Waals surface area contributed by atoms with Crippen LogP contribution in [0.25, 0.3) is 0 Å². The Hall–Kier alpha value is -1.82. The quantitative estimate of drug-likeness (QED) is 0.885. The van der Waals surface area contributed by atoms with Crippen molar-refractivity contribution in [3.63, 3.8) is 0 Å². The molecule has 1 aromatic heterocycles. The second-order valence-electron chi connectivity index (χ2n) is 3.81. The number of anilines is 1. The maximum Gasteiger partial charge on any atom is 0.222 e. The molecule has 5 nitrogen and oxygen atoms in total. The van der Waals surface area contributed by atoms with Crippen LogP contribution >= 0.6 is 15.9 Å². The van der Waals surface area contributed by atoms with Crippen LogP contribution in [-0.2, 0) is 6.54 Å². The van der Waals surface area contributed by atoms with Crippen LogP contribution in [0.15, 0.2) is 35.1 Å². The highest BCUT2D eigenvalue weighted by Crippen LogP contribution is 2.26. The molecule has 0 atom stereocenters. The monoisotopic (exact) mass is 323 g/mol. The lowest BCUT2D eigenvalue weighted by Crippen LogP contribution is -2.03. The Labute approximate surface area is 119 Å². The van der Waals surface area contributed by atoms with Crippen molar-refractivity contribution in [2.75, 3.05) is 11.9 Å². The molecule has 19 heavy (non-hydrogen) atoms. The van der Waals surface area contributed by atoms with E-state index in [1.54, 1.807) is 24.5 Å². The van der Waals surface area contributed by atoms with E-state index in [2.05, 4.69) is 31.2 Å². The van der Waals surface area contributed by atoms with Gasteiger partial charge in [0.25, 0.3) is 0 Å². The molecule has 2 N–H and O–H groups in total. The van der Waals surface area contributed by atoms with Gasteiger partial charge in [-0.3, -0.25) is 0 Å². The summed E-state index contributed by atoms with van der Waals surface area (Å²) in [5.41, 5.74) is 0.979. The summed E-state index contributed by atoms with van der Waals surface area (Å²) >= 11 is 3.28. The number of hydrogen-bond acceptors (Lipinski definition) is 5. The summed E-state index contributed by atoms with van der Waals surface area (Å²) in [5.74, 6) is 1.18. The number of phenols is 1. The summed E-state index contributed by atoms with van der Waals surface area (Å²) in [6.07, 6.45) is 3.36. The summed E-state index contributed by atoms with van der Waals surface area (Å²) in [5, 5.41) is 12.7. The molecule has 0 saturated carbocycles. The van der Waals surface area contributed by atoms with Gasteiger partial charge in [0.2, 0.25) is 5.95 Å². The molecular formula is C13H14BrN3O2. The van der Waals surface area contributed by atoms with Crippen LogP contribution in [0.4, 0.5) is 5.95 Å². The van der Waals surface area contributed by atoms with Crippen molar-refractivity contribution >= 4 is 21.9 Å². The first-order chi connectivity index (χ1) is 9.19. The second-order valence-corrected chi connectivity index (χ2v) is 4.73. The van der Waals surface area contributed by atoms with Crippen molar-refractivity contribution in [1.82, 2.24) is 9.97 Å². The average molecular weight is 324 g/mol. The van der Waals surface area contributed by atoms with E-state index in [0.29, 0.717) is 24.8 Å². The molecule has 0 spiro atoms. The SMILES string of the molecule is CCOc1cc(CNc2ncc(Br)cn2)ccc1O. The molecular weight excluding hydrogens is 310 g/mol. The van der Waals surface area contributed by atoms with Gasteiger partial charge in [-0.15, -0.1) is 0 Å². The minimum Gasteiger partial charge on any atom is -0.504 e. The Morgan fingerprint density at radius 2 is 2.05 bits per heavy atom. The highest BCUT2D eigenvalue weighted by molar-refractivity contribution is 9.10. The molecule has 0 amide bonds. The topological polar surface area (TPSA) is 67.3 Å². The third-order valence-electron chi connectivity index (χ3n) is 2.40. The van der Waals surface area contributed by atoms with E-state index >= 15 is 0 Å². The van der Waals surface area contributed by atoms with E-state index in [9.17, 15) is 5.11 Å². The predicted molar refractivity (Wildman–Crippen MR) is 76.3 cm³/mol. The standard InChI is InChI=1S/C13H14BrN3O2/c1-2-19-12-5-9(3-4-11(12)18)6-15-13-16-7-10(14)8-17-13/h3-5,7-8,18H,2,6H2,1H3,(H,15,16,17). The molecule has 0 radical (unpaired) electrons. The average Bonchev–Trinajstić information content (AvgIpc) is 2.42. The smallest absolute Gasteiger partial charge is 0.222 e. The number of nitrogens with one attached hydrogen (secondary N) is 1. The molecule has 0 fully saturated rings. The van der Waals surface area contributed by atoms with Crippen LogP contribution in [0, 0.1) is 0 Å². The molecule has 0 aliphatic heterocycles. The Morgan fingerprint density at radius 3 is 2.74 bits per heavy atom. The van der Waals surface area contributed by atoms with Crippen molar-refractivity contribution in [2.24, 2.45) is 0 Å². The van der Waals surface area contributed by atoms with Crippen molar-refractivity contribution in [3.8, 4) is 11.5 Å². The van der Waals surface area contributed by atoms with Gasteiger partial charge < -0.3 is 15.2 Å². The number of halogens is 1. The van der Waals surface area contributed by atoms with Gasteiger partial charge in [-0.05, 0) is 40.5 Å². The highest BCUT2D eigenvalue weighted by Gasteiger charge is 2.04.